The molecule has 1 saturated heterocycles. The minimum atomic E-state index is -0.154. The number of nitrogens with one attached hydrogen (secondary N) is 1. The molecule has 1 N–H and O–H groups in total. The Bertz CT molecular complexity index is 1210. The predicted molar refractivity (Wildman–Crippen MR) is 134 cm³/mol. The second kappa shape index (κ2) is 10.5. The lowest BCUT2D eigenvalue weighted by atomic mass is 9.95. The van der Waals surface area contributed by atoms with E-state index in [2.05, 4.69) is 46.8 Å². The van der Waals surface area contributed by atoms with E-state index in [1.54, 1.807) is 9.58 Å². The Labute approximate surface area is 210 Å². The monoisotopic (exact) mass is 489 g/mol. The predicted octanol–water partition coefficient (Wildman–Crippen LogP) is 3.75. The number of aryl methyl sites for hydroxylation is 1. The van der Waals surface area contributed by atoms with Crippen LogP contribution in [-0.4, -0.2) is 51.4 Å². The number of ether oxygens (including phenoxy) is 2. The molecule has 3 aromatic rings. The molecule has 36 heavy (non-hydrogen) atoms. The minimum absolute atomic E-state index is 0.0251. The third kappa shape index (κ3) is 5.11. The number of carbonyl (C=O) groups excluding carboxylic acids is 2. The Morgan fingerprint density at radius 2 is 1.81 bits per heavy atom. The second-order valence-corrected chi connectivity index (χ2v) is 9.29. The lowest BCUT2D eigenvalue weighted by Gasteiger charge is -2.31. The Hall–Kier alpha value is -3.72. The number of likely N-dealkylation sites (tertiary alicyclic amines) is 1. The molecule has 2 aliphatic rings. The maximum absolute atomic E-state index is 13.2. The molecular formula is C27H31N5O4. The molecule has 1 aromatic heterocycles. The van der Waals surface area contributed by atoms with Crippen LogP contribution in [0, 0.1) is 12.8 Å². The number of amides is 2. The van der Waals surface area contributed by atoms with E-state index in [1.807, 2.05) is 31.2 Å². The van der Waals surface area contributed by atoms with E-state index in [0.717, 1.165) is 17.0 Å². The SMILES string of the molecule is CCOc1ccc(NC(=O)C2CCN(C(=O)c3nnn4c3CO[C@@H](c3ccc(C)cc3)C4)CC2)cc1. The molecule has 2 aromatic carbocycles. The number of aromatic nitrogens is 3. The first-order valence-corrected chi connectivity index (χ1v) is 12.5. The van der Waals surface area contributed by atoms with E-state index in [-0.39, 0.29) is 30.4 Å². The minimum Gasteiger partial charge on any atom is -0.494 e. The van der Waals surface area contributed by atoms with E-state index >= 15 is 0 Å². The van der Waals surface area contributed by atoms with Crippen LogP contribution in [0.2, 0.25) is 0 Å². The average Bonchev–Trinajstić information content (AvgIpc) is 3.33. The fraction of sp³-hybridized carbons (Fsp3) is 0.407. The molecule has 3 heterocycles. The van der Waals surface area contributed by atoms with Crippen LogP contribution >= 0.6 is 0 Å². The van der Waals surface area contributed by atoms with Crippen LogP contribution in [0.15, 0.2) is 48.5 Å². The number of anilines is 1. The number of hydrogen-bond acceptors (Lipinski definition) is 6. The van der Waals surface area contributed by atoms with Gasteiger partial charge in [-0.05, 0) is 56.5 Å². The first-order chi connectivity index (χ1) is 17.5. The van der Waals surface area contributed by atoms with E-state index in [4.69, 9.17) is 9.47 Å². The average molecular weight is 490 g/mol. The van der Waals surface area contributed by atoms with Gasteiger partial charge in [-0.25, -0.2) is 4.68 Å². The van der Waals surface area contributed by atoms with E-state index in [1.165, 1.54) is 5.56 Å². The normalized spacial score (nSPS) is 17.9. The zero-order chi connectivity index (χ0) is 25.1. The van der Waals surface area contributed by atoms with Crippen molar-refractivity contribution in [1.82, 2.24) is 19.9 Å². The molecule has 0 radical (unpaired) electrons. The molecule has 0 aliphatic carbocycles. The number of benzene rings is 2. The summed E-state index contributed by atoms with van der Waals surface area (Å²) >= 11 is 0. The van der Waals surface area contributed by atoms with Gasteiger partial charge in [-0.15, -0.1) is 5.10 Å². The highest BCUT2D eigenvalue weighted by molar-refractivity contribution is 5.94. The molecule has 188 valence electrons. The summed E-state index contributed by atoms with van der Waals surface area (Å²) in [6.07, 6.45) is 1.08. The molecule has 0 spiro atoms. The lowest BCUT2D eigenvalue weighted by molar-refractivity contribution is -0.121. The molecule has 2 amide bonds. The van der Waals surface area contributed by atoms with Crippen molar-refractivity contribution in [3.8, 4) is 5.75 Å². The number of rotatable bonds is 6. The van der Waals surface area contributed by atoms with Gasteiger partial charge in [-0.1, -0.05) is 35.0 Å². The summed E-state index contributed by atoms with van der Waals surface area (Å²) in [6, 6.07) is 15.6. The molecule has 1 fully saturated rings. The maximum atomic E-state index is 13.2. The van der Waals surface area contributed by atoms with Gasteiger partial charge in [0.25, 0.3) is 5.91 Å². The van der Waals surface area contributed by atoms with Crippen LogP contribution in [0.25, 0.3) is 0 Å². The Morgan fingerprint density at radius 3 is 2.50 bits per heavy atom. The Kier molecular flexibility index (Phi) is 6.99. The number of carbonyl (C=O) groups is 2. The van der Waals surface area contributed by atoms with Gasteiger partial charge in [-0.2, -0.15) is 0 Å². The fourth-order valence-corrected chi connectivity index (χ4v) is 4.70. The third-order valence-electron chi connectivity index (χ3n) is 6.84. The summed E-state index contributed by atoms with van der Waals surface area (Å²) in [4.78, 5) is 27.7. The number of hydrogen-bond donors (Lipinski definition) is 1. The highest BCUT2D eigenvalue weighted by Crippen LogP contribution is 2.28. The quantitative estimate of drug-likeness (QED) is 0.566. The van der Waals surface area contributed by atoms with Crippen LogP contribution in [0.4, 0.5) is 5.69 Å². The zero-order valence-electron chi connectivity index (χ0n) is 20.6. The number of nitrogens with zero attached hydrogens (tertiary/aromatic N) is 4. The van der Waals surface area contributed by atoms with Gasteiger partial charge in [0.2, 0.25) is 5.91 Å². The maximum Gasteiger partial charge on any atom is 0.276 e. The standard InChI is InChI=1S/C27H31N5O4/c1-3-35-22-10-8-21(9-11-22)28-26(33)20-12-14-31(15-13-20)27(34)25-23-17-36-24(16-32(23)30-29-25)19-6-4-18(2)5-7-19/h4-11,20,24H,3,12-17H2,1-2H3,(H,28,33)/t24-/m1/s1. The number of piperidine rings is 1. The van der Waals surface area contributed by atoms with Gasteiger partial charge in [-0.3, -0.25) is 9.59 Å². The first-order valence-electron chi connectivity index (χ1n) is 12.5. The molecular weight excluding hydrogens is 458 g/mol. The molecule has 5 rings (SSSR count). The van der Waals surface area contributed by atoms with Crippen LogP contribution in [0.3, 0.4) is 0 Å². The van der Waals surface area contributed by atoms with Gasteiger partial charge >= 0.3 is 0 Å². The van der Waals surface area contributed by atoms with Crippen molar-refractivity contribution in [1.29, 1.82) is 0 Å². The van der Waals surface area contributed by atoms with Crippen molar-refractivity contribution in [2.45, 2.75) is 45.9 Å². The smallest absolute Gasteiger partial charge is 0.276 e. The van der Waals surface area contributed by atoms with Gasteiger partial charge in [0.15, 0.2) is 5.69 Å². The van der Waals surface area contributed by atoms with Crippen LogP contribution in [0.5, 0.6) is 5.75 Å². The zero-order valence-corrected chi connectivity index (χ0v) is 20.6. The topological polar surface area (TPSA) is 98.6 Å². The molecule has 0 bridgehead atoms. The van der Waals surface area contributed by atoms with Crippen molar-refractivity contribution in [2.24, 2.45) is 5.92 Å². The largest absolute Gasteiger partial charge is 0.494 e. The summed E-state index contributed by atoms with van der Waals surface area (Å²) in [5, 5.41) is 11.4. The highest BCUT2D eigenvalue weighted by Gasteiger charge is 2.33. The molecule has 0 saturated carbocycles. The molecule has 0 unspecified atom stereocenters. The Morgan fingerprint density at radius 1 is 1.08 bits per heavy atom. The fourth-order valence-electron chi connectivity index (χ4n) is 4.70. The molecule has 9 heteroatoms. The van der Waals surface area contributed by atoms with Crippen molar-refractivity contribution in [3.63, 3.8) is 0 Å². The molecule has 2 aliphatic heterocycles. The second-order valence-electron chi connectivity index (χ2n) is 9.29. The number of fused-ring (bicyclic) bond motifs is 1. The highest BCUT2D eigenvalue weighted by atomic mass is 16.5. The van der Waals surface area contributed by atoms with Gasteiger partial charge in [0.05, 0.1) is 25.5 Å². The lowest BCUT2D eigenvalue weighted by Crippen LogP contribution is -2.42. The summed E-state index contributed by atoms with van der Waals surface area (Å²) in [5.41, 5.74) is 4.07. The van der Waals surface area contributed by atoms with Crippen LogP contribution in [0.1, 0.15) is 53.2 Å². The van der Waals surface area contributed by atoms with Gasteiger partial charge in [0.1, 0.15) is 11.9 Å². The van der Waals surface area contributed by atoms with Crippen molar-refractivity contribution in [3.05, 3.63) is 71.0 Å². The summed E-state index contributed by atoms with van der Waals surface area (Å²) in [5.74, 6) is 0.449. The van der Waals surface area contributed by atoms with E-state index in [0.29, 0.717) is 50.5 Å². The van der Waals surface area contributed by atoms with Gasteiger partial charge in [0, 0.05) is 24.7 Å². The molecule has 9 nitrogen and oxygen atoms in total. The van der Waals surface area contributed by atoms with E-state index < -0.39 is 0 Å². The van der Waals surface area contributed by atoms with Crippen LogP contribution in [-0.2, 0) is 22.7 Å². The van der Waals surface area contributed by atoms with Crippen LogP contribution < -0.4 is 10.1 Å². The summed E-state index contributed by atoms with van der Waals surface area (Å²) < 4.78 is 13.3. The molecule has 1 atom stereocenters. The van der Waals surface area contributed by atoms with Crippen molar-refractivity contribution < 1.29 is 19.1 Å². The van der Waals surface area contributed by atoms with Crippen molar-refractivity contribution in [2.75, 3.05) is 25.0 Å². The Balaban J connectivity index is 1.16. The van der Waals surface area contributed by atoms with Crippen molar-refractivity contribution >= 4 is 17.5 Å². The summed E-state index contributed by atoms with van der Waals surface area (Å²) in [7, 11) is 0. The van der Waals surface area contributed by atoms with Gasteiger partial charge < -0.3 is 19.7 Å². The first kappa shape index (κ1) is 24.0. The van der Waals surface area contributed by atoms with E-state index in [9.17, 15) is 9.59 Å². The third-order valence-corrected chi connectivity index (χ3v) is 6.84. The summed E-state index contributed by atoms with van der Waals surface area (Å²) in [6.45, 7) is 6.39.